The molecule has 0 fully saturated rings. The van der Waals surface area contributed by atoms with Gasteiger partial charge in [-0.15, -0.1) is 11.8 Å². The van der Waals surface area contributed by atoms with Gasteiger partial charge in [0.15, 0.2) is 0 Å². The first-order valence-electron chi connectivity index (χ1n) is 5.02. The van der Waals surface area contributed by atoms with Crippen molar-refractivity contribution in [2.45, 2.75) is 10.9 Å². The first kappa shape index (κ1) is 13.4. The van der Waals surface area contributed by atoms with Gasteiger partial charge in [0.1, 0.15) is 0 Å². The fourth-order valence-electron chi connectivity index (χ4n) is 1.36. The van der Waals surface area contributed by atoms with E-state index in [0.29, 0.717) is 0 Å². The minimum Gasteiger partial charge on any atom is -0.323 e. The van der Waals surface area contributed by atoms with Crippen LogP contribution in [-0.2, 0) is 0 Å². The Kier molecular flexibility index (Phi) is 4.94. The van der Waals surface area contributed by atoms with Crippen molar-refractivity contribution in [1.29, 1.82) is 0 Å². The summed E-state index contributed by atoms with van der Waals surface area (Å²) in [5.41, 5.74) is 7.33. The molecule has 1 aromatic heterocycles. The van der Waals surface area contributed by atoms with Crippen LogP contribution in [0, 0.1) is 0 Å². The van der Waals surface area contributed by atoms with E-state index < -0.39 is 0 Å². The number of hydrogen-bond acceptors (Lipinski definition) is 3. The van der Waals surface area contributed by atoms with Gasteiger partial charge in [0, 0.05) is 31.6 Å². The highest BCUT2D eigenvalue weighted by Crippen LogP contribution is 2.30. The predicted octanol–water partition coefficient (Wildman–Crippen LogP) is 4.96. The predicted molar refractivity (Wildman–Crippen MR) is 81.1 cm³/mol. The molecule has 0 radical (unpaired) electrons. The Morgan fingerprint density at radius 2 is 2.00 bits per heavy atom. The normalized spacial score (nSPS) is 12.6. The molecule has 0 saturated carbocycles. The Balaban J connectivity index is 1.94. The molecule has 2 N–H and O–H groups in total. The van der Waals surface area contributed by atoms with Gasteiger partial charge < -0.3 is 5.73 Å². The summed E-state index contributed by atoms with van der Waals surface area (Å²) in [5.74, 6) is 0.858. The second-order valence-electron chi connectivity index (χ2n) is 3.55. The van der Waals surface area contributed by atoms with Gasteiger partial charge in [0.05, 0.1) is 0 Å². The number of thioether (sulfide) groups is 1. The lowest BCUT2D eigenvalue weighted by atomic mass is 10.2. The van der Waals surface area contributed by atoms with Gasteiger partial charge in [0.2, 0.25) is 0 Å². The van der Waals surface area contributed by atoms with Crippen molar-refractivity contribution in [1.82, 2.24) is 0 Å². The summed E-state index contributed by atoms with van der Waals surface area (Å²) in [4.78, 5) is 1.19. The number of halogens is 2. The molecule has 17 heavy (non-hydrogen) atoms. The standard InChI is InChI=1S/C12H11BrClNS2/c13-11-6-16-5-10(11)12(15)7-17-9-3-1-8(14)2-4-9/h1-6,12H,7,15H2. The topological polar surface area (TPSA) is 26.0 Å². The molecule has 1 heterocycles. The van der Waals surface area contributed by atoms with Gasteiger partial charge in [0.25, 0.3) is 0 Å². The lowest BCUT2D eigenvalue weighted by Gasteiger charge is -2.10. The summed E-state index contributed by atoms with van der Waals surface area (Å²) >= 11 is 12.8. The highest BCUT2D eigenvalue weighted by atomic mass is 79.9. The molecule has 0 bridgehead atoms. The maximum atomic E-state index is 6.15. The highest BCUT2D eigenvalue weighted by molar-refractivity contribution is 9.10. The van der Waals surface area contributed by atoms with Crippen LogP contribution in [0.5, 0.6) is 0 Å². The minimum absolute atomic E-state index is 0.0521. The fourth-order valence-corrected chi connectivity index (χ4v) is 4.02. The number of hydrogen-bond donors (Lipinski definition) is 1. The minimum atomic E-state index is 0.0521. The SMILES string of the molecule is NC(CSc1ccc(Cl)cc1)c1cscc1Br. The van der Waals surface area contributed by atoms with E-state index in [1.54, 1.807) is 23.1 Å². The molecule has 2 aromatic rings. The van der Waals surface area contributed by atoms with Gasteiger partial charge in [-0.1, -0.05) is 11.6 Å². The zero-order valence-corrected chi connectivity index (χ0v) is 12.9. The van der Waals surface area contributed by atoms with E-state index in [1.807, 2.05) is 24.3 Å². The third kappa shape index (κ3) is 3.73. The summed E-state index contributed by atoms with van der Waals surface area (Å²) < 4.78 is 1.10. The lowest BCUT2D eigenvalue weighted by molar-refractivity contribution is 0.831. The molecule has 2 rings (SSSR count). The Bertz CT molecular complexity index is 484. The summed E-state index contributed by atoms with van der Waals surface area (Å²) in [6.45, 7) is 0. The zero-order valence-electron chi connectivity index (χ0n) is 8.90. The lowest BCUT2D eigenvalue weighted by Crippen LogP contribution is -2.12. The first-order valence-corrected chi connectivity index (χ1v) is 8.12. The quantitative estimate of drug-likeness (QED) is 0.791. The average molecular weight is 349 g/mol. The van der Waals surface area contributed by atoms with E-state index in [1.165, 1.54) is 10.5 Å². The van der Waals surface area contributed by atoms with Crippen molar-refractivity contribution in [2.24, 2.45) is 5.73 Å². The molecule has 1 aromatic carbocycles. The van der Waals surface area contributed by atoms with Crippen molar-refractivity contribution in [2.75, 3.05) is 5.75 Å². The molecule has 0 aliphatic rings. The van der Waals surface area contributed by atoms with E-state index >= 15 is 0 Å². The summed E-state index contributed by atoms with van der Waals surface area (Å²) in [6.07, 6.45) is 0. The van der Waals surface area contributed by atoms with Crippen LogP contribution in [0.25, 0.3) is 0 Å². The van der Waals surface area contributed by atoms with E-state index in [4.69, 9.17) is 17.3 Å². The van der Waals surface area contributed by atoms with Crippen LogP contribution in [0.2, 0.25) is 5.02 Å². The molecule has 1 unspecified atom stereocenters. The van der Waals surface area contributed by atoms with E-state index in [9.17, 15) is 0 Å². The van der Waals surface area contributed by atoms with Gasteiger partial charge in [-0.3, -0.25) is 0 Å². The average Bonchev–Trinajstić information content (AvgIpc) is 2.74. The summed E-state index contributed by atoms with van der Waals surface area (Å²) in [6, 6.07) is 7.88. The van der Waals surface area contributed by atoms with Crippen LogP contribution in [-0.4, -0.2) is 5.75 Å². The molecular weight excluding hydrogens is 338 g/mol. The monoisotopic (exact) mass is 347 g/mol. The summed E-state index contributed by atoms with van der Waals surface area (Å²) in [5, 5.41) is 4.92. The molecule has 0 spiro atoms. The van der Waals surface area contributed by atoms with Crippen molar-refractivity contribution in [3.05, 3.63) is 50.1 Å². The Labute approximate surface area is 122 Å². The van der Waals surface area contributed by atoms with Crippen LogP contribution in [0.4, 0.5) is 0 Å². The van der Waals surface area contributed by atoms with Gasteiger partial charge in [-0.25, -0.2) is 0 Å². The Morgan fingerprint density at radius 1 is 1.29 bits per heavy atom. The third-order valence-electron chi connectivity index (χ3n) is 2.28. The van der Waals surface area contributed by atoms with Crippen LogP contribution in [0.1, 0.15) is 11.6 Å². The van der Waals surface area contributed by atoms with Gasteiger partial charge in [-0.2, -0.15) is 11.3 Å². The van der Waals surface area contributed by atoms with E-state index in [2.05, 4.69) is 26.7 Å². The van der Waals surface area contributed by atoms with Crippen LogP contribution < -0.4 is 5.73 Å². The molecule has 90 valence electrons. The summed E-state index contributed by atoms with van der Waals surface area (Å²) in [7, 11) is 0. The molecular formula is C12H11BrClNS2. The smallest absolute Gasteiger partial charge is 0.0409 e. The maximum Gasteiger partial charge on any atom is 0.0409 e. The van der Waals surface area contributed by atoms with Crippen molar-refractivity contribution >= 4 is 50.6 Å². The van der Waals surface area contributed by atoms with Crippen LogP contribution in [0.3, 0.4) is 0 Å². The Hall–Kier alpha value is -0.000000000000000111. The molecule has 0 saturated heterocycles. The second-order valence-corrected chi connectivity index (χ2v) is 6.67. The largest absolute Gasteiger partial charge is 0.323 e. The van der Waals surface area contributed by atoms with Gasteiger partial charge >= 0.3 is 0 Å². The van der Waals surface area contributed by atoms with Crippen LogP contribution >= 0.6 is 50.6 Å². The fraction of sp³-hybridized carbons (Fsp3) is 0.167. The van der Waals surface area contributed by atoms with Crippen molar-refractivity contribution in [3.8, 4) is 0 Å². The van der Waals surface area contributed by atoms with E-state index in [-0.39, 0.29) is 6.04 Å². The highest BCUT2D eigenvalue weighted by Gasteiger charge is 2.11. The number of rotatable bonds is 4. The molecule has 0 aliphatic carbocycles. The van der Waals surface area contributed by atoms with Crippen LogP contribution in [0.15, 0.2) is 44.4 Å². The molecule has 1 atom stereocenters. The molecule has 0 amide bonds. The second kappa shape index (κ2) is 6.25. The molecule has 5 heteroatoms. The van der Waals surface area contributed by atoms with Crippen molar-refractivity contribution < 1.29 is 0 Å². The van der Waals surface area contributed by atoms with Gasteiger partial charge in [-0.05, 0) is 51.1 Å². The third-order valence-corrected chi connectivity index (χ3v) is 5.42. The molecule has 0 aliphatic heterocycles. The Morgan fingerprint density at radius 3 is 2.59 bits per heavy atom. The first-order chi connectivity index (χ1) is 8.16. The number of benzene rings is 1. The van der Waals surface area contributed by atoms with E-state index in [0.717, 1.165) is 15.2 Å². The number of thiophene rings is 1. The molecule has 1 nitrogen and oxygen atoms in total. The zero-order chi connectivity index (χ0) is 12.3. The maximum absolute atomic E-state index is 6.15. The number of nitrogens with two attached hydrogens (primary N) is 1. The van der Waals surface area contributed by atoms with Crippen molar-refractivity contribution in [3.63, 3.8) is 0 Å².